The first-order chi connectivity index (χ1) is 9.95. The van der Waals surface area contributed by atoms with E-state index in [2.05, 4.69) is 38.2 Å². The van der Waals surface area contributed by atoms with Crippen LogP contribution in [0, 0.1) is 0 Å². The first-order valence-corrected chi connectivity index (χ1v) is 7.88. The normalized spacial score (nSPS) is 13.0. The third-order valence-corrected chi connectivity index (χ3v) is 4.95. The van der Waals surface area contributed by atoms with Crippen LogP contribution in [0.4, 0.5) is 5.69 Å². The molecule has 0 aliphatic carbocycles. The van der Waals surface area contributed by atoms with Crippen LogP contribution in [0.25, 0.3) is 0 Å². The summed E-state index contributed by atoms with van der Waals surface area (Å²) in [7, 11) is 1.65. The fourth-order valence-electron chi connectivity index (χ4n) is 2.10. The molecular weight excluding hydrogens is 282 g/mol. The highest BCUT2D eigenvalue weighted by Crippen LogP contribution is 2.34. The molecule has 0 amide bonds. The smallest absolute Gasteiger partial charge is 0.141 e. The topological polar surface area (TPSA) is 41.5 Å². The van der Waals surface area contributed by atoms with Crippen LogP contribution in [0.2, 0.25) is 0 Å². The van der Waals surface area contributed by atoms with Crippen LogP contribution in [-0.2, 0) is 5.41 Å². The highest BCUT2D eigenvalue weighted by Gasteiger charge is 2.20. The zero-order chi connectivity index (χ0) is 15.5. The Labute approximate surface area is 130 Å². The molecule has 1 unspecified atom stereocenters. The fraction of sp³-hybridized carbons (Fsp3) is 0.412. The van der Waals surface area contributed by atoms with Gasteiger partial charge in [0.15, 0.2) is 0 Å². The van der Waals surface area contributed by atoms with Crippen molar-refractivity contribution < 1.29 is 9.84 Å². The minimum Gasteiger partial charge on any atom is -0.495 e. The molecule has 4 heteroatoms. The summed E-state index contributed by atoms with van der Waals surface area (Å²) in [6.45, 7) is 6.64. The van der Waals surface area contributed by atoms with Crippen molar-refractivity contribution in [2.24, 2.45) is 0 Å². The molecule has 0 aliphatic rings. The van der Waals surface area contributed by atoms with Crippen molar-refractivity contribution in [3.8, 4) is 5.75 Å². The van der Waals surface area contributed by atoms with Crippen molar-refractivity contribution in [3.63, 3.8) is 0 Å². The molecule has 114 valence electrons. The second-order valence-electron chi connectivity index (χ2n) is 6.03. The average Bonchev–Trinajstić information content (AvgIpc) is 2.94. The minimum atomic E-state index is -0.123. The Kier molecular flexibility index (Phi) is 4.91. The number of rotatable bonds is 5. The SMILES string of the molecule is COc1ccccc1NC(CO)c1ccc(C(C)(C)C)s1. The predicted molar refractivity (Wildman–Crippen MR) is 89.5 cm³/mol. The molecular formula is C17H23NO2S. The number of para-hydroxylation sites is 2. The average molecular weight is 305 g/mol. The lowest BCUT2D eigenvalue weighted by atomic mass is 9.95. The number of anilines is 1. The molecule has 0 spiro atoms. The summed E-state index contributed by atoms with van der Waals surface area (Å²) in [5.41, 5.74) is 1.03. The molecule has 0 aliphatic heterocycles. The quantitative estimate of drug-likeness (QED) is 0.870. The third-order valence-electron chi connectivity index (χ3n) is 3.33. The molecule has 0 bridgehead atoms. The van der Waals surface area contributed by atoms with E-state index < -0.39 is 0 Å². The minimum absolute atomic E-state index is 0.0438. The van der Waals surface area contributed by atoms with E-state index >= 15 is 0 Å². The second kappa shape index (κ2) is 6.50. The summed E-state index contributed by atoms with van der Waals surface area (Å²) in [6.07, 6.45) is 0. The Hall–Kier alpha value is -1.52. The Morgan fingerprint density at radius 2 is 1.90 bits per heavy atom. The van der Waals surface area contributed by atoms with Gasteiger partial charge in [-0.1, -0.05) is 32.9 Å². The van der Waals surface area contributed by atoms with Gasteiger partial charge in [-0.3, -0.25) is 0 Å². The summed E-state index contributed by atoms with van der Waals surface area (Å²) >= 11 is 1.74. The molecule has 2 rings (SSSR count). The van der Waals surface area contributed by atoms with Gasteiger partial charge >= 0.3 is 0 Å². The van der Waals surface area contributed by atoms with E-state index in [4.69, 9.17) is 4.74 Å². The molecule has 0 fully saturated rings. The summed E-state index contributed by atoms with van der Waals surface area (Å²) in [5, 5.41) is 13.1. The van der Waals surface area contributed by atoms with E-state index in [0.717, 1.165) is 16.3 Å². The predicted octanol–water partition coefficient (Wildman–Crippen LogP) is 4.20. The number of methoxy groups -OCH3 is 1. The molecule has 2 N–H and O–H groups in total. The van der Waals surface area contributed by atoms with Crippen LogP contribution in [-0.4, -0.2) is 18.8 Å². The van der Waals surface area contributed by atoms with Crippen LogP contribution >= 0.6 is 11.3 Å². The van der Waals surface area contributed by atoms with Crippen LogP contribution in [0.5, 0.6) is 5.75 Å². The summed E-state index contributed by atoms with van der Waals surface area (Å²) in [6, 6.07) is 11.9. The van der Waals surface area contributed by atoms with Gasteiger partial charge in [-0.25, -0.2) is 0 Å². The van der Waals surface area contributed by atoms with Crippen molar-refractivity contribution >= 4 is 17.0 Å². The summed E-state index contributed by atoms with van der Waals surface area (Å²) < 4.78 is 5.35. The number of aliphatic hydroxyl groups is 1. The molecule has 0 saturated heterocycles. The van der Waals surface area contributed by atoms with Crippen molar-refractivity contribution in [2.45, 2.75) is 32.2 Å². The van der Waals surface area contributed by atoms with Gasteiger partial charge in [0.05, 0.1) is 25.4 Å². The zero-order valence-electron chi connectivity index (χ0n) is 13.0. The Morgan fingerprint density at radius 1 is 1.19 bits per heavy atom. The van der Waals surface area contributed by atoms with E-state index in [0.29, 0.717) is 0 Å². The van der Waals surface area contributed by atoms with Gasteiger partial charge in [0.2, 0.25) is 0 Å². The Morgan fingerprint density at radius 3 is 2.48 bits per heavy atom. The highest BCUT2D eigenvalue weighted by atomic mass is 32.1. The van der Waals surface area contributed by atoms with Gasteiger partial charge in [0.25, 0.3) is 0 Å². The van der Waals surface area contributed by atoms with Gasteiger partial charge in [-0.2, -0.15) is 0 Å². The molecule has 1 atom stereocenters. The number of benzene rings is 1. The molecule has 0 saturated carbocycles. The van der Waals surface area contributed by atoms with Crippen LogP contribution in [0.15, 0.2) is 36.4 Å². The Balaban J connectivity index is 2.22. The first kappa shape index (κ1) is 15.9. The van der Waals surface area contributed by atoms with Gasteiger partial charge in [0, 0.05) is 9.75 Å². The van der Waals surface area contributed by atoms with E-state index in [1.807, 2.05) is 24.3 Å². The number of hydrogen-bond acceptors (Lipinski definition) is 4. The standard InChI is InChI=1S/C17H23NO2S/c1-17(2,3)16-10-9-15(21-16)13(11-19)18-12-7-5-6-8-14(12)20-4/h5-10,13,18-19H,11H2,1-4H3. The first-order valence-electron chi connectivity index (χ1n) is 7.06. The van der Waals surface area contributed by atoms with Crippen molar-refractivity contribution in [2.75, 3.05) is 19.0 Å². The van der Waals surface area contributed by atoms with Gasteiger partial charge in [-0.15, -0.1) is 11.3 Å². The van der Waals surface area contributed by atoms with Crippen molar-refractivity contribution in [3.05, 3.63) is 46.2 Å². The van der Waals surface area contributed by atoms with Gasteiger partial charge < -0.3 is 15.2 Å². The summed E-state index contributed by atoms with van der Waals surface area (Å²) in [4.78, 5) is 2.45. The molecule has 21 heavy (non-hydrogen) atoms. The lowest BCUT2D eigenvalue weighted by molar-refractivity contribution is 0.277. The van der Waals surface area contributed by atoms with Crippen molar-refractivity contribution in [1.29, 1.82) is 0 Å². The lowest BCUT2D eigenvalue weighted by Gasteiger charge is -2.19. The van der Waals surface area contributed by atoms with E-state index in [1.54, 1.807) is 18.4 Å². The van der Waals surface area contributed by atoms with Crippen LogP contribution in [0.1, 0.15) is 36.6 Å². The Bertz CT molecular complexity index is 586. The van der Waals surface area contributed by atoms with Crippen LogP contribution < -0.4 is 10.1 Å². The van der Waals surface area contributed by atoms with Gasteiger partial charge in [-0.05, 0) is 29.7 Å². The lowest BCUT2D eigenvalue weighted by Crippen LogP contribution is -2.14. The molecule has 0 radical (unpaired) electrons. The maximum absolute atomic E-state index is 9.72. The fourth-order valence-corrected chi connectivity index (χ4v) is 3.21. The van der Waals surface area contributed by atoms with Crippen LogP contribution in [0.3, 0.4) is 0 Å². The molecule has 2 aromatic rings. The molecule has 1 heterocycles. The maximum Gasteiger partial charge on any atom is 0.141 e. The van der Waals surface area contributed by atoms with E-state index in [9.17, 15) is 5.11 Å². The monoisotopic (exact) mass is 305 g/mol. The van der Waals surface area contributed by atoms with Gasteiger partial charge in [0.1, 0.15) is 5.75 Å². The number of hydrogen-bond donors (Lipinski definition) is 2. The molecule has 1 aromatic carbocycles. The number of ether oxygens (including phenoxy) is 1. The van der Waals surface area contributed by atoms with E-state index in [-0.39, 0.29) is 18.1 Å². The molecule has 3 nitrogen and oxygen atoms in total. The highest BCUT2D eigenvalue weighted by molar-refractivity contribution is 7.12. The third kappa shape index (κ3) is 3.77. The number of thiophene rings is 1. The summed E-state index contributed by atoms with van der Waals surface area (Å²) in [5.74, 6) is 0.781. The maximum atomic E-state index is 9.72. The van der Waals surface area contributed by atoms with Crippen molar-refractivity contribution in [1.82, 2.24) is 0 Å². The number of nitrogens with one attached hydrogen (secondary N) is 1. The largest absolute Gasteiger partial charge is 0.495 e. The zero-order valence-corrected chi connectivity index (χ0v) is 13.8. The second-order valence-corrected chi connectivity index (χ2v) is 7.15. The molecule has 1 aromatic heterocycles. The van der Waals surface area contributed by atoms with E-state index in [1.165, 1.54) is 4.88 Å². The number of aliphatic hydroxyl groups excluding tert-OH is 1.